The summed E-state index contributed by atoms with van der Waals surface area (Å²) in [5.74, 6) is 0.738. The van der Waals surface area contributed by atoms with Gasteiger partial charge in [-0.3, -0.25) is 9.30 Å². The molecule has 1 aliphatic rings. The maximum absolute atomic E-state index is 9.27. The number of hydrogen-bond acceptors (Lipinski definition) is 4. The van der Waals surface area contributed by atoms with Crippen LogP contribution in [0.1, 0.15) is 18.5 Å². The van der Waals surface area contributed by atoms with Crippen LogP contribution in [-0.4, -0.2) is 43.6 Å². The molecule has 0 unspecified atom stereocenters. The van der Waals surface area contributed by atoms with Crippen molar-refractivity contribution < 1.29 is 5.11 Å². The molecule has 1 fully saturated rings. The number of imidazole rings is 1. The quantitative estimate of drug-likeness (QED) is 0.845. The third-order valence-electron chi connectivity index (χ3n) is 3.36. The van der Waals surface area contributed by atoms with Gasteiger partial charge in [-0.05, 0) is 25.5 Å². The zero-order valence-corrected chi connectivity index (χ0v) is 9.66. The highest BCUT2D eigenvalue weighted by molar-refractivity contribution is 5.29. The van der Waals surface area contributed by atoms with Gasteiger partial charge in [0.05, 0.1) is 12.3 Å². The average molecular weight is 232 g/mol. The predicted octanol–water partition coefficient (Wildman–Crippen LogP) is 0.686. The first kappa shape index (κ1) is 10.7. The van der Waals surface area contributed by atoms with Crippen molar-refractivity contribution in [2.24, 2.45) is 0 Å². The number of rotatable bonds is 3. The van der Waals surface area contributed by atoms with Crippen molar-refractivity contribution in [1.29, 1.82) is 0 Å². The maximum Gasteiger partial charge on any atom is 0.233 e. The fraction of sp³-hybridized carbons (Fsp3) is 0.500. The monoisotopic (exact) mass is 232 g/mol. The second-order valence-corrected chi connectivity index (χ2v) is 4.51. The van der Waals surface area contributed by atoms with Crippen molar-refractivity contribution in [2.45, 2.75) is 25.4 Å². The number of aromatic nitrogens is 3. The molecular formula is C12H16N4O. The Morgan fingerprint density at radius 1 is 1.47 bits per heavy atom. The van der Waals surface area contributed by atoms with Crippen molar-refractivity contribution >= 4 is 5.78 Å². The van der Waals surface area contributed by atoms with Gasteiger partial charge in [-0.2, -0.15) is 0 Å². The summed E-state index contributed by atoms with van der Waals surface area (Å²) < 4.78 is 1.93. The van der Waals surface area contributed by atoms with Crippen LogP contribution in [0, 0.1) is 0 Å². The van der Waals surface area contributed by atoms with E-state index in [9.17, 15) is 5.11 Å². The first-order valence-electron chi connectivity index (χ1n) is 6.00. The van der Waals surface area contributed by atoms with Crippen molar-refractivity contribution in [3.8, 4) is 0 Å². The number of nitrogens with zero attached hydrogens (tertiary/aromatic N) is 4. The van der Waals surface area contributed by atoms with E-state index in [1.807, 2.05) is 22.9 Å². The summed E-state index contributed by atoms with van der Waals surface area (Å²) in [6.45, 7) is 2.09. The first-order valence-corrected chi connectivity index (χ1v) is 6.00. The molecule has 3 rings (SSSR count). The highest BCUT2D eigenvalue weighted by Gasteiger charge is 2.24. The molecule has 0 bridgehead atoms. The van der Waals surface area contributed by atoms with E-state index in [1.54, 1.807) is 6.20 Å². The van der Waals surface area contributed by atoms with Crippen molar-refractivity contribution in [1.82, 2.24) is 19.3 Å². The molecular weight excluding hydrogens is 216 g/mol. The smallest absolute Gasteiger partial charge is 0.233 e. The van der Waals surface area contributed by atoms with Gasteiger partial charge in [-0.25, -0.2) is 9.97 Å². The minimum absolute atomic E-state index is 0.242. The maximum atomic E-state index is 9.27. The molecule has 0 amide bonds. The lowest BCUT2D eigenvalue weighted by Crippen LogP contribution is -2.31. The number of likely N-dealkylation sites (tertiary alicyclic amines) is 1. The lowest BCUT2D eigenvalue weighted by atomic mass is 10.2. The zero-order chi connectivity index (χ0) is 11.7. The van der Waals surface area contributed by atoms with Gasteiger partial charge in [-0.1, -0.05) is 0 Å². The average Bonchev–Trinajstić information content (AvgIpc) is 2.94. The summed E-state index contributed by atoms with van der Waals surface area (Å²) in [7, 11) is 0. The first-order chi connectivity index (χ1) is 8.36. The summed E-state index contributed by atoms with van der Waals surface area (Å²) in [6.07, 6.45) is 7.96. The Bertz CT molecular complexity index is 477. The lowest BCUT2D eigenvalue weighted by Gasteiger charge is -2.21. The van der Waals surface area contributed by atoms with Gasteiger partial charge < -0.3 is 5.11 Å². The Morgan fingerprint density at radius 3 is 3.24 bits per heavy atom. The van der Waals surface area contributed by atoms with Gasteiger partial charge in [0.2, 0.25) is 5.78 Å². The molecule has 0 spiro atoms. The molecule has 0 aromatic carbocycles. The van der Waals surface area contributed by atoms with E-state index in [0.717, 1.165) is 37.4 Å². The molecule has 0 aliphatic carbocycles. The van der Waals surface area contributed by atoms with Crippen LogP contribution in [0.3, 0.4) is 0 Å². The SMILES string of the molecule is OC[C@H]1CCCN1Cc1cn2cccnc2n1. The molecule has 5 heteroatoms. The minimum atomic E-state index is 0.242. The summed E-state index contributed by atoms with van der Waals surface area (Å²) in [5, 5.41) is 9.27. The van der Waals surface area contributed by atoms with Gasteiger partial charge in [0, 0.05) is 31.2 Å². The van der Waals surface area contributed by atoms with Gasteiger partial charge in [0.25, 0.3) is 0 Å². The molecule has 90 valence electrons. The van der Waals surface area contributed by atoms with Crippen molar-refractivity contribution in [2.75, 3.05) is 13.2 Å². The van der Waals surface area contributed by atoms with Crippen LogP contribution in [0.5, 0.6) is 0 Å². The van der Waals surface area contributed by atoms with Gasteiger partial charge in [0.15, 0.2) is 0 Å². The van der Waals surface area contributed by atoms with Crippen LogP contribution in [-0.2, 0) is 6.54 Å². The van der Waals surface area contributed by atoms with Crippen LogP contribution in [0.4, 0.5) is 0 Å². The molecule has 2 aromatic heterocycles. The largest absolute Gasteiger partial charge is 0.395 e. The molecule has 1 atom stereocenters. The summed E-state index contributed by atoms with van der Waals surface area (Å²) in [6, 6.07) is 2.19. The Hall–Kier alpha value is -1.46. The summed E-state index contributed by atoms with van der Waals surface area (Å²) >= 11 is 0. The Morgan fingerprint density at radius 2 is 2.41 bits per heavy atom. The molecule has 2 aromatic rings. The van der Waals surface area contributed by atoms with Crippen molar-refractivity contribution in [3.63, 3.8) is 0 Å². The topological polar surface area (TPSA) is 53.7 Å². The highest BCUT2D eigenvalue weighted by Crippen LogP contribution is 2.19. The number of aliphatic hydroxyl groups excluding tert-OH is 1. The van der Waals surface area contributed by atoms with Crippen LogP contribution in [0.15, 0.2) is 24.7 Å². The van der Waals surface area contributed by atoms with E-state index in [0.29, 0.717) is 6.04 Å². The molecule has 0 saturated carbocycles. The molecule has 17 heavy (non-hydrogen) atoms. The second kappa shape index (κ2) is 4.43. The number of aliphatic hydroxyl groups is 1. The van der Waals surface area contributed by atoms with E-state index < -0.39 is 0 Å². The van der Waals surface area contributed by atoms with Crippen molar-refractivity contribution in [3.05, 3.63) is 30.4 Å². The zero-order valence-electron chi connectivity index (χ0n) is 9.66. The summed E-state index contributed by atoms with van der Waals surface area (Å²) in [4.78, 5) is 11.0. The number of fused-ring (bicyclic) bond motifs is 1. The number of hydrogen-bond donors (Lipinski definition) is 1. The van der Waals surface area contributed by atoms with E-state index in [1.165, 1.54) is 0 Å². The summed E-state index contributed by atoms with van der Waals surface area (Å²) in [5.41, 5.74) is 1.02. The third-order valence-corrected chi connectivity index (χ3v) is 3.36. The van der Waals surface area contributed by atoms with E-state index in [2.05, 4.69) is 14.9 Å². The Balaban J connectivity index is 1.80. The second-order valence-electron chi connectivity index (χ2n) is 4.51. The molecule has 1 N–H and O–H groups in total. The van der Waals surface area contributed by atoms with Gasteiger partial charge in [0.1, 0.15) is 0 Å². The van der Waals surface area contributed by atoms with Crippen LogP contribution in [0.25, 0.3) is 5.78 Å². The standard InChI is InChI=1S/C12H16N4O/c17-9-11-3-1-5-15(11)7-10-8-16-6-2-4-13-12(16)14-10/h2,4,6,8,11,17H,1,3,5,7,9H2/t11-/m1/s1. The predicted molar refractivity (Wildman–Crippen MR) is 63.5 cm³/mol. The normalized spacial score (nSPS) is 21.4. The van der Waals surface area contributed by atoms with Crippen LogP contribution < -0.4 is 0 Å². The lowest BCUT2D eigenvalue weighted by molar-refractivity contribution is 0.152. The Kier molecular flexibility index (Phi) is 2.78. The van der Waals surface area contributed by atoms with E-state index in [-0.39, 0.29) is 6.61 Å². The minimum Gasteiger partial charge on any atom is -0.395 e. The van der Waals surface area contributed by atoms with Gasteiger partial charge >= 0.3 is 0 Å². The third kappa shape index (κ3) is 2.03. The molecule has 1 aliphatic heterocycles. The van der Waals surface area contributed by atoms with Crippen LogP contribution in [0.2, 0.25) is 0 Å². The van der Waals surface area contributed by atoms with E-state index in [4.69, 9.17) is 0 Å². The Labute approximate surface area is 99.7 Å². The molecule has 5 nitrogen and oxygen atoms in total. The van der Waals surface area contributed by atoms with Gasteiger partial charge in [-0.15, -0.1) is 0 Å². The fourth-order valence-corrected chi connectivity index (χ4v) is 2.47. The molecule has 3 heterocycles. The van der Waals surface area contributed by atoms with Crippen LogP contribution >= 0.6 is 0 Å². The molecule has 0 radical (unpaired) electrons. The van der Waals surface area contributed by atoms with E-state index >= 15 is 0 Å². The fourth-order valence-electron chi connectivity index (χ4n) is 2.47. The highest BCUT2D eigenvalue weighted by atomic mass is 16.3. The molecule has 1 saturated heterocycles.